The summed E-state index contributed by atoms with van der Waals surface area (Å²) in [4.78, 5) is 43.2. The largest absolute Gasteiger partial charge is 0.365 e. The quantitative estimate of drug-likeness (QED) is 0.670. The Morgan fingerprint density at radius 1 is 1.17 bits per heavy atom. The lowest BCUT2D eigenvalue weighted by Crippen LogP contribution is -2.26. The van der Waals surface area contributed by atoms with E-state index in [1.807, 2.05) is 13.8 Å². The van der Waals surface area contributed by atoms with Crippen LogP contribution >= 0.6 is 11.3 Å². The van der Waals surface area contributed by atoms with E-state index in [0.717, 1.165) is 48.4 Å². The predicted octanol–water partition coefficient (Wildman–Crippen LogP) is 3.54. The maximum absolute atomic E-state index is 12.9. The molecule has 1 aromatic carbocycles. The molecule has 0 spiro atoms. The van der Waals surface area contributed by atoms with E-state index >= 15 is 0 Å². The van der Waals surface area contributed by atoms with E-state index in [0.29, 0.717) is 33.6 Å². The summed E-state index contributed by atoms with van der Waals surface area (Å²) in [6.07, 6.45) is 5.00. The van der Waals surface area contributed by atoms with Gasteiger partial charge in [0.15, 0.2) is 0 Å². The third-order valence-corrected chi connectivity index (χ3v) is 6.81. The monoisotopic (exact) mass is 424 g/mol. The number of aryl methyl sites for hydroxylation is 2. The first-order valence-electron chi connectivity index (χ1n) is 10.1. The minimum absolute atomic E-state index is 0.0515. The van der Waals surface area contributed by atoms with Gasteiger partial charge in [-0.1, -0.05) is 12.8 Å². The average Bonchev–Trinajstić information content (AvgIpc) is 2.96. The smallest absolute Gasteiger partial charge is 0.261 e. The van der Waals surface area contributed by atoms with E-state index in [9.17, 15) is 14.4 Å². The molecule has 0 saturated heterocycles. The van der Waals surface area contributed by atoms with Crippen LogP contribution in [-0.2, 0) is 13.0 Å². The lowest BCUT2D eigenvalue weighted by Gasteiger charge is -2.16. The van der Waals surface area contributed by atoms with Crippen LogP contribution in [0, 0.1) is 13.8 Å². The number of anilines is 1. The van der Waals surface area contributed by atoms with Crippen LogP contribution in [-0.4, -0.2) is 21.4 Å². The summed E-state index contributed by atoms with van der Waals surface area (Å²) in [5, 5.41) is 3.75. The predicted molar refractivity (Wildman–Crippen MR) is 118 cm³/mol. The zero-order valence-electron chi connectivity index (χ0n) is 17.1. The Morgan fingerprint density at radius 2 is 1.93 bits per heavy atom. The molecule has 3 N–H and O–H groups in total. The van der Waals surface area contributed by atoms with Gasteiger partial charge in [0.1, 0.15) is 10.8 Å². The first-order valence-corrected chi connectivity index (χ1v) is 10.9. The van der Waals surface area contributed by atoms with Gasteiger partial charge in [0, 0.05) is 23.4 Å². The molecular weight excluding hydrogens is 400 g/mol. The van der Waals surface area contributed by atoms with Gasteiger partial charge in [0.05, 0.1) is 16.5 Å². The highest BCUT2D eigenvalue weighted by Gasteiger charge is 2.20. The highest BCUT2D eigenvalue weighted by molar-refractivity contribution is 7.16. The number of hydrogen-bond donors (Lipinski definition) is 2. The lowest BCUT2D eigenvalue weighted by atomic mass is 10.1. The molecule has 3 heterocycles. The van der Waals surface area contributed by atoms with Crippen molar-refractivity contribution >= 4 is 39.1 Å². The third-order valence-electron chi connectivity index (χ3n) is 5.69. The molecule has 3 aromatic rings. The molecule has 30 heavy (non-hydrogen) atoms. The number of nitrogens with zero attached hydrogens (tertiary/aromatic N) is 2. The van der Waals surface area contributed by atoms with Crippen LogP contribution in [0.15, 0.2) is 23.0 Å². The van der Waals surface area contributed by atoms with Crippen molar-refractivity contribution in [1.82, 2.24) is 9.55 Å². The number of fused-ring (bicyclic) bond motifs is 2. The van der Waals surface area contributed by atoms with Crippen LogP contribution in [0.5, 0.6) is 0 Å². The molecule has 0 atom stereocenters. The van der Waals surface area contributed by atoms with Crippen LogP contribution in [0.25, 0.3) is 10.9 Å². The normalized spacial score (nSPS) is 14.1. The molecular formula is C22H24N4O3S. The molecule has 0 radical (unpaired) electrons. The molecule has 7 nitrogen and oxygen atoms in total. The van der Waals surface area contributed by atoms with Gasteiger partial charge in [-0.2, -0.15) is 0 Å². The summed E-state index contributed by atoms with van der Waals surface area (Å²) in [6.45, 7) is 4.37. The summed E-state index contributed by atoms with van der Waals surface area (Å²) in [5.41, 5.74) is 7.45. The maximum Gasteiger partial charge on any atom is 0.261 e. The van der Waals surface area contributed by atoms with E-state index in [1.165, 1.54) is 11.3 Å². The Kier molecular flexibility index (Phi) is 5.42. The summed E-state index contributed by atoms with van der Waals surface area (Å²) in [7, 11) is 0. The van der Waals surface area contributed by atoms with Gasteiger partial charge in [-0.05, 0) is 50.5 Å². The fraction of sp³-hybridized carbons (Fsp3) is 0.364. The Labute approximate surface area is 177 Å². The van der Waals surface area contributed by atoms with Crippen LogP contribution in [0.2, 0.25) is 0 Å². The van der Waals surface area contributed by atoms with Gasteiger partial charge in [-0.3, -0.25) is 19.0 Å². The average molecular weight is 425 g/mol. The van der Waals surface area contributed by atoms with Crippen LogP contribution in [0.4, 0.5) is 5.00 Å². The standard InChI is InChI=1S/C22H24N4O3S/c1-12-13(2)30-21(18(12)19(23)27)25-20(28)14-8-9-15-16(11-14)24-17-7-5-3-4-6-10-26(17)22(15)29/h8-9,11H,3-7,10H2,1-2H3,(H2,23,27)(H,25,28). The van der Waals surface area contributed by atoms with Crippen molar-refractivity contribution in [3.8, 4) is 0 Å². The fourth-order valence-electron chi connectivity index (χ4n) is 3.92. The van der Waals surface area contributed by atoms with E-state index in [-0.39, 0.29) is 11.5 Å². The summed E-state index contributed by atoms with van der Waals surface area (Å²) in [5.74, 6) is -0.154. The number of rotatable bonds is 3. The van der Waals surface area contributed by atoms with Crippen molar-refractivity contribution < 1.29 is 9.59 Å². The highest BCUT2D eigenvalue weighted by Crippen LogP contribution is 2.32. The summed E-state index contributed by atoms with van der Waals surface area (Å²) >= 11 is 1.32. The van der Waals surface area contributed by atoms with E-state index in [4.69, 9.17) is 10.7 Å². The maximum atomic E-state index is 12.9. The third kappa shape index (κ3) is 3.63. The number of nitrogens with two attached hydrogens (primary N) is 1. The lowest BCUT2D eigenvalue weighted by molar-refractivity contribution is 0.100. The van der Waals surface area contributed by atoms with Crippen LogP contribution in [0.1, 0.15) is 62.7 Å². The number of primary amides is 1. The second kappa shape index (κ2) is 8.02. The van der Waals surface area contributed by atoms with E-state index in [2.05, 4.69) is 5.32 Å². The minimum atomic E-state index is -0.570. The molecule has 1 aliphatic heterocycles. The summed E-state index contributed by atoms with van der Waals surface area (Å²) in [6, 6.07) is 4.92. The number of amides is 2. The first-order chi connectivity index (χ1) is 14.4. The van der Waals surface area contributed by atoms with E-state index in [1.54, 1.807) is 22.8 Å². The Morgan fingerprint density at radius 3 is 2.70 bits per heavy atom. The van der Waals surface area contributed by atoms with Gasteiger partial charge in [-0.15, -0.1) is 11.3 Å². The Bertz CT molecular complexity index is 1230. The molecule has 1 aliphatic rings. The zero-order valence-corrected chi connectivity index (χ0v) is 17.9. The number of carbonyl (C=O) groups is 2. The van der Waals surface area contributed by atoms with Crippen LogP contribution in [0.3, 0.4) is 0 Å². The fourth-order valence-corrected chi connectivity index (χ4v) is 4.98. The first kappa shape index (κ1) is 20.3. The molecule has 0 unspecified atom stereocenters. The van der Waals surface area contributed by atoms with Crippen molar-refractivity contribution in [2.24, 2.45) is 5.73 Å². The molecule has 0 saturated carbocycles. The Balaban J connectivity index is 1.71. The Hall–Kier alpha value is -3.00. The molecule has 2 amide bonds. The zero-order chi connectivity index (χ0) is 21.4. The van der Waals surface area contributed by atoms with E-state index < -0.39 is 5.91 Å². The second-order valence-electron chi connectivity index (χ2n) is 7.69. The van der Waals surface area contributed by atoms with Crippen molar-refractivity contribution in [3.63, 3.8) is 0 Å². The van der Waals surface area contributed by atoms with Gasteiger partial charge in [0.25, 0.3) is 17.4 Å². The van der Waals surface area contributed by atoms with Gasteiger partial charge in [-0.25, -0.2) is 4.98 Å². The number of thiophene rings is 1. The number of carbonyl (C=O) groups excluding carboxylic acids is 2. The van der Waals surface area contributed by atoms with Crippen LogP contribution < -0.4 is 16.6 Å². The van der Waals surface area contributed by atoms with Crippen molar-refractivity contribution in [3.05, 3.63) is 55.9 Å². The summed E-state index contributed by atoms with van der Waals surface area (Å²) < 4.78 is 1.78. The molecule has 0 aliphatic carbocycles. The number of nitrogens with one attached hydrogen (secondary N) is 1. The molecule has 4 rings (SSSR count). The second-order valence-corrected chi connectivity index (χ2v) is 8.91. The minimum Gasteiger partial charge on any atom is -0.365 e. The van der Waals surface area contributed by atoms with Crippen molar-refractivity contribution in [1.29, 1.82) is 0 Å². The molecule has 0 bridgehead atoms. The highest BCUT2D eigenvalue weighted by atomic mass is 32.1. The topological polar surface area (TPSA) is 107 Å². The SMILES string of the molecule is Cc1sc(NC(=O)c2ccc3c(=O)n4c(nc3c2)CCCCCC4)c(C(N)=O)c1C. The molecule has 2 aromatic heterocycles. The molecule has 156 valence electrons. The molecule has 8 heteroatoms. The van der Waals surface area contributed by atoms with Gasteiger partial charge < -0.3 is 11.1 Å². The van der Waals surface area contributed by atoms with Crippen molar-refractivity contribution in [2.75, 3.05) is 5.32 Å². The number of hydrogen-bond acceptors (Lipinski definition) is 5. The molecule has 0 fully saturated rings. The number of benzene rings is 1. The van der Waals surface area contributed by atoms with Gasteiger partial charge in [0.2, 0.25) is 0 Å². The van der Waals surface area contributed by atoms with Crippen molar-refractivity contribution in [2.45, 2.75) is 52.5 Å². The van der Waals surface area contributed by atoms with Gasteiger partial charge >= 0.3 is 0 Å². The number of aromatic nitrogens is 2.